The SMILES string of the molecule is CCC1=CNC(C)(N2CCC(COc3ccc(C4=CCC(C(=O)N5CCCC5)CC4)cc3)CC2)N=C1. The van der Waals surface area contributed by atoms with Gasteiger partial charge in [-0.1, -0.05) is 25.1 Å². The number of carbonyl (C=O) groups is 1. The van der Waals surface area contributed by atoms with Gasteiger partial charge in [0.15, 0.2) is 5.79 Å². The van der Waals surface area contributed by atoms with E-state index in [2.05, 4.69) is 65.5 Å². The van der Waals surface area contributed by atoms with E-state index in [4.69, 9.17) is 9.73 Å². The number of likely N-dealkylation sites (tertiary alicyclic amines) is 2. The smallest absolute Gasteiger partial charge is 0.226 e. The lowest BCUT2D eigenvalue weighted by molar-refractivity contribution is -0.134. The van der Waals surface area contributed by atoms with Crippen molar-refractivity contribution in [3.05, 3.63) is 47.7 Å². The van der Waals surface area contributed by atoms with Crippen LogP contribution in [0.3, 0.4) is 0 Å². The fourth-order valence-electron chi connectivity index (χ4n) is 5.91. The van der Waals surface area contributed by atoms with Gasteiger partial charge in [0.1, 0.15) is 5.75 Å². The normalized spacial score (nSPS) is 27.4. The number of nitrogens with zero attached hydrogens (tertiary/aromatic N) is 3. The highest BCUT2D eigenvalue weighted by atomic mass is 16.5. The summed E-state index contributed by atoms with van der Waals surface area (Å²) in [4.78, 5) is 22.0. The second-order valence-electron chi connectivity index (χ2n) is 11.0. The molecule has 0 bridgehead atoms. The van der Waals surface area contributed by atoms with Crippen LogP contribution in [0.15, 0.2) is 47.1 Å². The molecule has 2 atom stereocenters. The molecule has 2 saturated heterocycles. The van der Waals surface area contributed by atoms with Crippen LogP contribution in [0.1, 0.15) is 70.8 Å². The molecule has 0 spiro atoms. The quantitative estimate of drug-likeness (QED) is 0.569. The zero-order valence-electron chi connectivity index (χ0n) is 22.0. The van der Waals surface area contributed by atoms with Crippen molar-refractivity contribution in [2.24, 2.45) is 16.8 Å². The molecule has 0 radical (unpaired) electrons. The lowest BCUT2D eigenvalue weighted by atomic mass is 9.86. The summed E-state index contributed by atoms with van der Waals surface area (Å²) in [6.45, 7) is 9.05. The van der Waals surface area contributed by atoms with Crippen molar-refractivity contribution in [1.29, 1.82) is 0 Å². The van der Waals surface area contributed by atoms with E-state index in [-0.39, 0.29) is 11.7 Å². The van der Waals surface area contributed by atoms with Gasteiger partial charge in [-0.15, -0.1) is 0 Å². The van der Waals surface area contributed by atoms with Crippen LogP contribution in [0.4, 0.5) is 0 Å². The van der Waals surface area contributed by atoms with Crippen LogP contribution in [0.25, 0.3) is 5.57 Å². The molecule has 36 heavy (non-hydrogen) atoms. The van der Waals surface area contributed by atoms with E-state index in [1.807, 2.05) is 6.21 Å². The molecule has 1 aromatic rings. The Morgan fingerprint density at radius 2 is 1.86 bits per heavy atom. The molecule has 1 N–H and O–H groups in total. The Labute approximate surface area is 216 Å². The van der Waals surface area contributed by atoms with E-state index in [9.17, 15) is 4.79 Å². The number of allylic oxidation sites excluding steroid dienone is 3. The molecular weight excluding hydrogens is 448 g/mol. The highest BCUT2D eigenvalue weighted by Gasteiger charge is 2.34. The molecule has 1 aliphatic carbocycles. The van der Waals surface area contributed by atoms with Crippen LogP contribution in [-0.4, -0.2) is 60.5 Å². The number of amides is 1. The number of aliphatic imine (C=N–C) groups is 1. The molecule has 3 heterocycles. The maximum atomic E-state index is 12.7. The van der Waals surface area contributed by atoms with Crippen molar-refractivity contribution in [3.63, 3.8) is 0 Å². The molecule has 2 unspecified atom stereocenters. The number of carbonyl (C=O) groups excluding carboxylic acids is 1. The largest absolute Gasteiger partial charge is 0.493 e. The van der Waals surface area contributed by atoms with Crippen LogP contribution < -0.4 is 10.1 Å². The highest BCUT2D eigenvalue weighted by Crippen LogP contribution is 2.33. The van der Waals surface area contributed by atoms with Gasteiger partial charge in [-0.25, -0.2) is 0 Å². The summed E-state index contributed by atoms with van der Waals surface area (Å²) < 4.78 is 6.18. The van der Waals surface area contributed by atoms with E-state index >= 15 is 0 Å². The van der Waals surface area contributed by atoms with E-state index in [0.29, 0.717) is 11.8 Å². The molecular formula is C30H42N4O2. The molecule has 6 nitrogen and oxygen atoms in total. The molecule has 2 fully saturated rings. The summed E-state index contributed by atoms with van der Waals surface area (Å²) in [6, 6.07) is 8.56. The van der Waals surface area contributed by atoms with Crippen molar-refractivity contribution in [2.75, 3.05) is 32.8 Å². The Bertz CT molecular complexity index is 1000. The summed E-state index contributed by atoms with van der Waals surface area (Å²) in [5, 5.41) is 3.50. The van der Waals surface area contributed by atoms with Gasteiger partial charge in [0.05, 0.1) is 6.61 Å². The second-order valence-corrected chi connectivity index (χ2v) is 11.0. The number of rotatable bonds is 7. The van der Waals surface area contributed by atoms with Gasteiger partial charge in [-0.3, -0.25) is 14.7 Å². The van der Waals surface area contributed by atoms with Crippen LogP contribution >= 0.6 is 0 Å². The Balaban J connectivity index is 1.06. The van der Waals surface area contributed by atoms with Gasteiger partial charge in [0.2, 0.25) is 5.91 Å². The minimum absolute atomic E-state index is 0.175. The highest BCUT2D eigenvalue weighted by molar-refractivity contribution is 5.81. The molecule has 1 aromatic carbocycles. The van der Waals surface area contributed by atoms with Gasteiger partial charge in [-0.2, -0.15) is 0 Å². The third-order valence-electron chi connectivity index (χ3n) is 8.54. The maximum Gasteiger partial charge on any atom is 0.226 e. The van der Waals surface area contributed by atoms with E-state index in [1.165, 1.54) is 16.7 Å². The molecule has 4 aliphatic rings. The standard InChI is InChI=1S/C30H42N4O2/c1-3-23-20-31-30(2,32-21-23)34-18-14-24(15-19-34)22-36-28-12-10-26(11-13-28)25-6-8-27(9-7-25)29(35)33-16-4-5-17-33/h6,10-13,20-21,24,27,31H,3-5,7-9,14-19,22H2,1-2H3. The third kappa shape index (κ3) is 5.69. The van der Waals surface area contributed by atoms with Crippen molar-refractivity contribution in [1.82, 2.24) is 15.1 Å². The Morgan fingerprint density at radius 3 is 2.47 bits per heavy atom. The predicted octanol–water partition coefficient (Wildman–Crippen LogP) is 5.22. The zero-order chi connectivity index (χ0) is 25.0. The van der Waals surface area contributed by atoms with Crippen molar-refractivity contribution in [3.8, 4) is 5.75 Å². The Hall–Kier alpha value is -2.60. The van der Waals surface area contributed by atoms with Gasteiger partial charge in [0.25, 0.3) is 0 Å². The van der Waals surface area contributed by atoms with Crippen molar-refractivity contribution in [2.45, 2.75) is 71.0 Å². The minimum Gasteiger partial charge on any atom is -0.493 e. The number of hydrogen-bond donors (Lipinski definition) is 1. The van der Waals surface area contributed by atoms with Gasteiger partial charge in [0, 0.05) is 44.5 Å². The first-order valence-electron chi connectivity index (χ1n) is 14.0. The first-order chi connectivity index (χ1) is 17.5. The first kappa shape index (κ1) is 25.1. The Kier molecular flexibility index (Phi) is 7.80. The van der Waals surface area contributed by atoms with Crippen LogP contribution in [0.5, 0.6) is 5.75 Å². The van der Waals surface area contributed by atoms with Gasteiger partial charge in [-0.05, 0) is 93.1 Å². The lowest BCUT2D eigenvalue weighted by Gasteiger charge is -2.43. The fourth-order valence-corrected chi connectivity index (χ4v) is 5.91. The summed E-state index contributed by atoms with van der Waals surface area (Å²) >= 11 is 0. The summed E-state index contributed by atoms with van der Waals surface area (Å²) in [7, 11) is 0. The molecule has 6 heteroatoms. The number of ether oxygens (including phenoxy) is 1. The molecule has 1 amide bonds. The lowest BCUT2D eigenvalue weighted by Crippen LogP contribution is -2.57. The van der Waals surface area contributed by atoms with Crippen LogP contribution in [0, 0.1) is 11.8 Å². The van der Waals surface area contributed by atoms with Crippen molar-refractivity contribution < 1.29 is 9.53 Å². The average molecular weight is 491 g/mol. The fraction of sp³-hybridized carbons (Fsp3) is 0.600. The summed E-state index contributed by atoms with van der Waals surface area (Å²) in [6.07, 6.45) is 14.8. The molecule has 194 valence electrons. The zero-order valence-corrected chi connectivity index (χ0v) is 22.0. The van der Waals surface area contributed by atoms with Crippen molar-refractivity contribution >= 4 is 17.7 Å². The molecule has 5 rings (SSSR count). The summed E-state index contributed by atoms with van der Waals surface area (Å²) in [5.41, 5.74) is 3.88. The van der Waals surface area contributed by atoms with E-state index in [0.717, 1.165) is 89.9 Å². The average Bonchev–Trinajstić information content (AvgIpc) is 3.48. The summed E-state index contributed by atoms with van der Waals surface area (Å²) in [5.74, 6) is 1.74. The second kappa shape index (κ2) is 11.2. The molecule has 3 aliphatic heterocycles. The Morgan fingerprint density at radius 1 is 1.11 bits per heavy atom. The minimum atomic E-state index is -0.324. The van der Waals surface area contributed by atoms with Crippen LogP contribution in [-0.2, 0) is 4.79 Å². The van der Waals surface area contributed by atoms with E-state index in [1.54, 1.807) is 0 Å². The first-order valence-corrected chi connectivity index (χ1v) is 14.0. The molecule has 0 aromatic heterocycles. The van der Waals surface area contributed by atoms with Gasteiger partial charge >= 0.3 is 0 Å². The maximum absolute atomic E-state index is 12.7. The molecule has 0 saturated carbocycles. The number of hydrogen-bond acceptors (Lipinski definition) is 5. The van der Waals surface area contributed by atoms with Gasteiger partial charge < -0.3 is 15.0 Å². The predicted molar refractivity (Wildman–Crippen MR) is 146 cm³/mol. The topological polar surface area (TPSA) is 57.2 Å². The third-order valence-corrected chi connectivity index (χ3v) is 8.54. The number of benzene rings is 1. The number of nitrogens with one attached hydrogen (secondary N) is 1. The van der Waals surface area contributed by atoms with Crippen LogP contribution in [0.2, 0.25) is 0 Å². The van der Waals surface area contributed by atoms with E-state index < -0.39 is 0 Å². The monoisotopic (exact) mass is 490 g/mol. The number of piperidine rings is 1.